The molecule has 0 unspecified atom stereocenters. The van der Waals surface area contributed by atoms with Gasteiger partial charge in [-0.3, -0.25) is 4.79 Å². The van der Waals surface area contributed by atoms with Crippen LogP contribution in [0.25, 0.3) is 22.3 Å². The van der Waals surface area contributed by atoms with Crippen molar-refractivity contribution < 1.29 is 42.3 Å². The quantitative estimate of drug-likeness (QED) is 0.0785. The van der Waals surface area contributed by atoms with Gasteiger partial charge in [0, 0.05) is 65.7 Å². The fourth-order valence-electron chi connectivity index (χ4n) is 3.92. The number of nitrogens with zero attached hydrogens (tertiary/aromatic N) is 1. The van der Waals surface area contributed by atoms with Crippen LogP contribution in [-0.4, -0.2) is 114 Å². The average Bonchev–Trinajstić information content (AvgIpc) is 3.13. The van der Waals surface area contributed by atoms with E-state index >= 15 is 0 Å². The molecule has 278 valence electrons. The first kappa shape index (κ1) is 43.7. The van der Waals surface area contributed by atoms with Crippen molar-refractivity contribution in [1.29, 1.82) is 0 Å². The number of anilines is 3. The van der Waals surface area contributed by atoms with Crippen LogP contribution in [0, 0.1) is 0 Å². The molecule has 0 radical (unpaired) electrons. The van der Waals surface area contributed by atoms with E-state index in [0.717, 1.165) is 11.3 Å². The average molecular weight is 695 g/mol. The zero-order chi connectivity index (χ0) is 36.5. The van der Waals surface area contributed by atoms with Gasteiger partial charge in [0.25, 0.3) is 5.97 Å². The number of rotatable bonds is 22. The van der Waals surface area contributed by atoms with Gasteiger partial charge < -0.3 is 64.4 Å². The van der Waals surface area contributed by atoms with Crippen molar-refractivity contribution in [2.75, 3.05) is 124 Å². The van der Waals surface area contributed by atoms with Crippen LogP contribution in [0.15, 0.2) is 51.7 Å². The molecule has 6 N–H and O–H groups in total. The third kappa shape index (κ3) is 16.3. The second-order valence-electron chi connectivity index (χ2n) is 10.2. The van der Waals surface area contributed by atoms with Crippen LogP contribution in [0.4, 0.5) is 17.1 Å². The van der Waals surface area contributed by atoms with E-state index in [1.165, 1.54) is 27.4 Å². The van der Waals surface area contributed by atoms with Gasteiger partial charge in [-0.2, -0.15) is 0 Å². The van der Waals surface area contributed by atoms with Crippen LogP contribution in [0.5, 0.6) is 0 Å². The summed E-state index contributed by atoms with van der Waals surface area (Å²) in [6.45, 7) is 12.2. The van der Waals surface area contributed by atoms with E-state index in [0.29, 0.717) is 102 Å². The smallest absolute Gasteiger partial charge is 0.279 e. The van der Waals surface area contributed by atoms with Gasteiger partial charge in [0.2, 0.25) is 0 Å². The summed E-state index contributed by atoms with van der Waals surface area (Å²) in [7, 11) is 6.55. The van der Waals surface area contributed by atoms with Crippen LogP contribution in [-0.2, 0) is 37.9 Å². The summed E-state index contributed by atoms with van der Waals surface area (Å²) >= 11 is 0. The molecule has 0 aliphatic carbocycles. The zero-order valence-corrected chi connectivity index (χ0v) is 30.3. The van der Waals surface area contributed by atoms with Gasteiger partial charge in [-0.1, -0.05) is 13.8 Å². The summed E-state index contributed by atoms with van der Waals surface area (Å²) < 4.78 is 47.5. The van der Waals surface area contributed by atoms with Gasteiger partial charge in [-0.05, 0) is 36.4 Å². The second-order valence-corrected chi connectivity index (χ2v) is 10.2. The molecule has 0 amide bonds. The number of benzene rings is 2. The number of hydrogen-bond acceptors (Lipinski definition) is 14. The van der Waals surface area contributed by atoms with E-state index in [-0.39, 0.29) is 11.1 Å². The minimum absolute atomic E-state index is 0.168. The molecule has 1 heterocycles. The molecule has 2 aromatic carbocycles. The third-order valence-corrected chi connectivity index (χ3v) is 7.00. The number of ether oxygens (including phenoxy) is 8. The van der Waals surface area contributed by atoms with Crippen LogP contribution in [0.3, 0.4) is 0 Å². The second kappa shape index (κ2) is 25.6. The zero-order valence-electron chi connectivity index (χ0n) is 30.3. The lowest BCUT2D eigenvalue weighted by molar-refractivity contribution is -0.340. The molecule has 0 spiro atoms. The van der Waals surface area contributed by atoms with Crippen molar-refractivity contribution in [1.82, 2.24) is 0 Å². The van der Waals surface area contributed by atoms with E-state index < -0.39 is 5.97 Å². The first-order valence-corrected chi connectivity index (χ1v) is 16.4. The first-order valence-electron chi connectivity index (χ1n) is 16.4. The Kier molecular flexibility index (Phi) is 22.9. The summed E-state index contributed by atoms with van der Waals surface area (Å²) in [6.07, 6.45) is 0. The van der Waals surface area contributed by atoms with Crippen molar-refractivity contribution in [3.63, 3.8) is 0 Å². The van der Waals surface area contributed by atoms with Gasteiger partial charge in [0.1, 0.15) is 5.76 Å². The number of methoxy groups -OCH3 is 3. The van der Waals surface area contributed by atoms with Gasteiger partial charge in [-0.15, -0.1) is 0 Å². The van der Waals surface area contributed by atoms with E-state index in [2.05, 4.69) is 4.90 Å². The highest BCUT2D eigenvalue weighted by Crippen LogP contribution is 2.29. The Labute approximate surface area is 290 Å². The molecule has 14 nitrogen and oxygen atoms in total. The molecular weight excluding hydrogens is 636 g/mol. The summed E-state index contributed by atoms with van der Waals surface area (Å²) in [5.74, 6) is -0.440. The van der Waals surface area contributed by atoms with E-state index in [4.69, 9.17) is 59.5 Å². The highest BCUT2D eigenvalue weighted by molar-refractivity contribution is 5.94. The molecule has 1 aromatic heterocycles. The van der Waals surface area contributed by atoms with E-state index in [1.807, 2.05) is 45.2 Å². The SMILES string of the molecule is CC.CN(CCOCCOCCOCCOCCOCCN)c1ccc(-c2cc(=O)c3ccc(N)c(N)c3o2)cc1.COC(C)(OC)OC. The lowest BCUT2D eigenvalue weighted by atomic mass is 10.1. The van der Waals surface area contributed by atoms with Gasteiger partial charge >= 0.3 is 0 Å². The minimum atomic E-state index is -0.875. The van der Waals surface area contributed by atoms with Crippen molar-refractivity contribution in [2.45, 2.75) is 26.7 Å². The number of nitrogen functional groups attached to an aromatic ring is 2. The standard InChI is InChI=1S/C28H40N4O7.C5H12O3.C2H6/c1-32(9-11-35-13-15-37-17-19-38-18-16-36-14-12-34-10-8-29)22-4-2-21(3-5-22)26-20-25(33)23-6-7-24(30)27(31)28(23)39-26;1-5(6-2,7-3)8-4;1-2/h2-7,20H,8-19,29-31H2,1H3;1-4H3;1-2H3. The van der Waals surface area contributed by atoms with Crippen molar-refractivity contribution in [3.05, 3.63) is 52.7 Å². The van der Waals surface area contributed by atoms with Crippen molar-refractivity contribution in [3.8, 4) is 11.3 Å². The van der Waals surface area contributed by atoms with Crippen LogP contribution in [0.1, 0.15) is 20.8 Å². The molecule has 0 saturated heterocycles. The highest BCUT2D eigenvalue weighted by Gasteiger charge is 2.20. The lowest BCUT2D eigenvalue weighted by Gasteiger charge is -2.23. The van der Waals surface area contributed by atoms with Gasteiger partial charge in [-0.25, -0.2) is 0 Å². The van der Waals surface area contributed by atoms with Gasteiger partial charge in [0.05, 0.1) is 82.8 Å². The molecule has 14 heteroatoms. The van der Waals surface area contributed by atoms with Crippen molar-refractivity contribution in [2.24, 2.45) is 5.73 Å². The Morgan fingerprint density at radius 1 is 0.714 bits per heavy atom. The molecule has 0 aliphatic heterocycles. The Bertz CT molecular complexity index is 1330. The normalized spacial score (nSPS) is 11.1. The summed E-state index contributed by atoms with van der Waals surface area (Å²) in [5, 5.41) is 0.405. The third-order valence-electron chi connectivity index (χ3n) is 7.00. The van der Waals surface area contributed by atoms with E-state index in [9.17, 15) is 4.79 Å². The largest absolute Gasteiger partial charge is 0.454 e. The molecule has 0 aliphatic rings. The molecule has 49 heavy (non-hydrogen) atoms. The summed E-state index contributed by atoms with van der Waals surface area (Å²) in [6, 6.07) is 12.4. The Morgan fingerprint density at radius 3 is 1.63 bits per heavy atom. The number of fused-ring (bicyclic) bond motifs is 1. The van der Waals surface area contributed by atoms with Crippen molar-refractivity contribution >= 4 is 28.0 Å². The maximum Gasteiger partial charge on any atom is 0.279 e. The number of hydrogen-bond donors (Lipinski definition) is 3. The summed E-state index contributed by atoms with van der Waals surface area (Å²) in [4.78, 5) is 14.6. The molecule has 3 rings (SSSR count). The predicted molar refractivity (Wildman–Crippen MR) is 194 cm³/mol. The Balaban J connectivity index is 0.00000105. The molecular formula is C35H58N4O10. The predicted octanol–water partition coefficient (Wildman–Crippen LogP) is 3.73. The molecule has 3 aromatic rings. The van der Waals surface area contributed by atoms with E-state index in [1.54, 1.807) is 19.1 Å². The maximum absolute atomic E-state index is 12.5. The first-order chi connectivity index (χ1) is 23.7. The summed E-state index contributed by atoms with van der Waals surface area (Å²) in [5.41, 5.74) is 19.8. The number of likely N-dealkylation sites (N-methyl/N-ethyl adjacent to an activating group) is 1. The van der Waals surface area contributed by atoms with Crippen LogP contribution in [0.2, 0.25) is 0 Å². The monoisotopic (exact) mass is 694 g/mol. The van der Waals surface area contributed by atoms with Crippen LogP contribution >= 0.6 is 0 Å². The molecule has 0 atom stereocenters. The lowest BCUT2D eigenvalue weighted by Crippen LogP contribution is -2.31. The molecule has 0 saturated carbocycles. The molecule has 0 bridgehead atoms. The fourth-order valence-corrected chi connectivity index (χ4v) is 3.92. The minimum Gasteiger partial charge on any atom is -0.454 e. The fraction of sp³-hybridized carbons (Fsp3) is 0.571. The topological polar surface area (TPSA) is 185 Å². The Morgan fingerprint density at radius 2 is 1.18 bits per heavy atom. The van der Waals surface area contributed by atoms with Crippen LogP contribution < -0.4 is 27.5 Å². The Hall–Kier alpha value is -3.31. The van der Waals surface area contributed by atoms with Gasteiger partial charge in [0.15, 0.2) is 11.0 Å². The maximum atomic E-state index is 12.5. The number of nitrogens with two attached hydrogens (primary N) is 3. The molecule has 0 fully saturated rings. The highest BCUT2D eigenvalue weighted by atomic mass is 16.9.